The number of carbonyl (C=O) groups is 1. The van der Waals surface area contributed by atoms with Gasteiger partial charge in [-0.1, -0.05) is 26.0 Å². The normalized spacial score (nSPS) is 10.5. The number of carbonyl (C=O) groups excluding carboxylic acids is 1. The molecule has 0 heterocycles. The Morgan fingerprint density at radius 3 is 2.79 bits per heavy atom. The topological polar surface area (TPSA) is 50.4 Å². The molecule has 1 aromatic carbocycles. The smallest absolute Gasteiger partial charge is 0.319 e. The molecule has 1 aromatic rings. The van der Waals surface area contributed by atoms with E-state index in [-0.39, 0.29) is 5.69 Å². The fraction of sp³-hybridized carbons (Fsp3) is 0.500. The fourth-order valence-electron chi connectivity index (χ4n) is 1.42. The van der Waals surface area contributed by atoms with Gasteiger partial charge in [-0.3, -0.25) is 0 Å². The summed E-state index contributed by atoms with van der Waals surface area (Å²) in [6.45, 7) is 6.00. The molecule has 0 aliphatic heterocycles. The number of hydrogen-bond acceptors (Lipinski definition) is 2. The largest absolute Gasteiger partial charge is 0.381 e. The van der Waals surface area contributed by atoms with Crippen molar-refractivity contribution in [3.8, 4) is 0 Å². The van der Waals surface area contributed by atoms with Gasteiger partial charge >= 0.3 is 6.03 Å². The van der Waals surface area contributed by atoms with Crippen molar-refractivity contribution in [3.05, 3.63) is 30.1 Å². The van der Waals surface area contributed by atoms with Gasteiger partial charge in [0.1, 0.15) is 5.82 Å². The zero-order chi connectivity index (χ0) is 14.1. The van der Waals surface area contributed by atoms with Gasteiger partial charge in [0.15, 0.2) is 0 Å². The third-order valence-electron chi connectivity index (χ3n) is 2.32. The van der Waals surface area contributed by atoms with Crippen LogP contribution in [0.4, 0.5) is 14.9 Å². The first-order valence-electron chi connectivity index (χ1n) is 6.46. The first-order valence-corrected chi connectivity index (χ1v) is 6.46. The summed E-state index contributed by atoms with van der Waals surface area (Å²) in [6.07, 6.45) is 0.734. The minimum absolute atomic E-state index is 0.177. The molecule has 0 radical (unpaired) electrons. The van der Waals surface area contributed by atoms with Crippen LogP contribution in [0.25, 0.3) is 0 Å². The lowest BCUT2D eigenvalue weighted by molar-refractivity contribution is 0.108. The molecule has 0 spiro atoms. The van der Waals surface area contributed by atoms with Gasteiger partial charge in [-0.15, -0.1) is 0 Å². The molecular weight excluding hydrogens is 247 g/mol. The van der Waals surface area contributed by atoms with E-state index in [0.29, 0.717) is 19.1 Å². The molecule has 5 heteroatoms. The number of halogens is 1. The first kappa shape index (κ1) is 15.4. The van der Waals surface area contributed by atoms with Gasteiger partial charge in [0, 0.05) is 19.8 Å². The molecule has 0 aromatic heterocycles. The summed E-state index contributed by atoms with van der Waals surface area (Å²) in [5, 5.41) is 5.10. The van der Waals surface area contributed by atoms with Crippen molar-refractivity contribution < 1.29 is 13.9 Å². The Hall–Kier alpha value is -1.62. The monoisotopic (exact) mass is 268 g/mol. The highest BCUT2D eigenvalue weighted by Gasteiger charge is 2.04. The van der Waals surface area contributed by atoms with Gasteiger partial charge in [-0.05, 0) is 24.5 Å². The Balaban J connectivity index is 2.13. The van der Waals surface area contributed by atoms with Crippen molar-refractivity contribution in [1.29, 1.82) is 0 Å². The van der Waals surface area contributed by atoms with Crippen molar-refractivity contribution >= 4 is 11.7 Å². The lowest BCUT2D eigenvalue weighted by Gasteiger charge is -2.09. The zero-order valence-corrected chi connectivity index (χ0v) is 11.4. The molecular formula is C14H21FN2O2. The van der Waals surface area contributed by atoms with E-state index in [2.05, 4.69) is 24.5 Å². The van der Waals surface area contributed by atoms with Crippen molar-refractivity contribution in [2.24, 2.45) is 5.92 Å². The minimum Gasteiger partial charge on any atom is -0.381 e. The maximum Gasteiger partial charge on any atom is 0.319 e. The standard InChI is InChI=1S/C14H21FN2O2/c1-11(2)10-19-9-5-8-16-14(18)17-13-7-4-3-6-12(13)15/h3-4,6-7,11H,5,8-10H2,1-2H3,(H2,16,17,18). The lowest BCUT2D eigenvalue weighted by atomic mass is 10.2. The zero-order valence-electron chi connectivity index (χ0n) is 11.4. The van der Waals surface area contributed by atoms with Crippen LogP contribution in [0.5, 0.6) is 0 Å². The maximum absolute atomic E-state index is 13.3. The van der Waals surface area contributed by atoms with Crippen molar-refractivity contribution in [2.75, 3.05) is 25.1 Å². The Morgan fingerprint density at radius 1 is 1.37 bits per heavy atom. The lowest BCUT2D eigenvalue weighted by Crippen LogP contribution is -2.30. The molecule has 0 aliphatic carbocycles. The van der Waals surface area contributed by atoms with Crippen LogP contribution in [0.15, 0.2) is 24.3 Å². The van der Waals surface area contributed by atoms with Gasteiger partial charge in [-0.2, -0.15) is 0 Å². The van der Waals surface area contributed by atoms with Crippen LogP contribution < -0.4 is 10.6 Å². The molecule has 4 nitrogen and oxygen atoms in total. The Labute approximate surface area is 113 Å². The molecule has 0 saturated heterocycles. The first-order chi connectivity index (χ1) is 9.09. The quantitative estimate of drug-likeness (QED) is 0.747. The van der Waals surface area contributed by atoms with E-state index in [0.717, 1.165) is 13.0 Å². The van der Waals surface area contributed by atoms with E-state index >= 15 is 0 Å². The van der Waals surface area contributed by atoms with Crippen LogP contribution in [-0.4, -0.2) is 25.8 Å². The van der Waals surface area contributed by atoms with E-state index in [4.69, 9.17) is 4.74 Å². The number of hydrogen-bond donors (Lipinski definition) is 2. The van der Waals surface area contributed by atoms with Gasteiger partial charge in [0.05, 0.1) is 5.69 Å². The molecule has 2 N–H and O–H groups in total. The van der Waals surface area contributed by atoms with Gasteiger partial charge in [-0.25, -0.2) is 9.18 Å². The summed E-state index contributed by atoms with van der Waals surface area (Å²) in [6, 6.07) is 5.65. The van der Waals surface area contributed by atoms with Gasteiger partial charge in [0.2, 0.25) is 0 Å². The van der Waals surface area contributed by atoms with Gasteiger partial charge < -0.3 is 15.4 Å². The number of amides is 2. The molecule has 106 valence electrons. The van der Waals surface area contributed by atoms with E-state index in [1.807, 2.05) is 0 Å². The molecule has 0 aliphatic rings. The second kappa shape index (κ2) is 8.48. The number of benzene rings is 1. The van der Waals surface area contributed by atoms with Crippen LogP contribution >= 0.6 is 0 Å². The highest BCUT2D eigenvalue weighted by molar-refractivity contribution is 5.89. The van der Waals surface area contributed by atoms with Crippen LogP contribution in [0.1, 0.15) is 20.3 Å². The van der Waals surface area contributed by atoms with Crippen molar-refractivity contribution in [2.45, 2.75) is 20.3 Å². The molecule has 0 saturated carbocycles. The number of nitrogens with one attached hydrogen (secondary N) is 2. The Bertz CT molecular complexity index is 397. The Kier molecular flexibility index (Phi) is 6.89. The van der Waals surface area contributed by atoms with Crippen molar-refractivity contribution in [3.63, 3.8) is 0 Å². The molecule has 19 heavy (non-hydrogen) atoms. The highest BCUT2D eigenvalue weighted by Crippen LogP contribution is 2.11. The van der Waals surface area contributed by atoms with E-state index < -0.39 is 11.8 Å². The number of urea groups is 1. The maximum atomic E-state index is 13.3. The summed E-state index contributed by atoms with van der Waals surface area (Å²) < 4.78 is 18.6. The average Bonchev–Trinajstić information content (AvgIpc) is 2.36. The number of ether oxygens (including phenoxy) is 1. The van der Waals surface area contributed by atoms with Crippen LogP contribution in [0.3, 0.4) is 0 Å². The van der Waals surface area contributed by atoms with Crippen LogP contribution in [-0.2, 0) is 4.74 Å². The van der Waals surface area contributed by atoms with E-state index in [9.17, 15) is 9.18 Å². The second-order valence-corrected chi connectivity index (χ2v) is 4.68. The predicted molar refractivity (Wildman–Crippen MR) is 73.7 cm³/mol. The van der Waals surface area contributed by atoms with Crippen LogP contribution in [0, 0.1) is 11.7 Å². The number of para-hydroxylation sites is 1. The fourth-order valence-corrected chi connectivity index (χ4v) is 1.42. The third-order valence-corrected chi connectivity index (χ3v) is 2.32. The molecule has 2 amide bonds. The highest BCUT2D eigenvalue weighted by atomic mass is 19.1. The molecule has 0 unspecified atom stereocenters. The molecule has 0 atom stereocenters. The van der Waals surface area contributed by atoms with E-state index in [1.54, 1.807) is 12.1 Å². The third kappa shape index (κ3) is 6.76. The predicted octanol–water partition coefficient (Wildman–Crippen LogP) is 3.01. The SMILES string of the molecule is CC(C)COCCCNC(=O)Nc1ccccc1F. The Morgan fingerprint density at radius 2 is 2.11 bits per heavy atom. The second-order valence-electron chi connectivity index (χ2n) is 4.68. The van der Waals surface area contributed by atoms with E-state index in [1.165, 1.54) is 12.1 Å². The number of anilines is 1. The summed E-state index contributed by atoms with van der Waals surface area (Å²) in [7, 11) is 0. The molecule has 0 fully saturated rings. The summed E-state index contributed by atoms with van der Waals surface area (Å²) in [5.41, 5.74) is 0.177. The summed E-state index contributed by atoms with van der Waals surface area (Å²) in [4.78, 5) is 11.5. The minimum atomic E-state index is -0.446. The molecule has 1 rings (SSSR count). The average molecular weight is 268 g/mol. The summed E-state index contributed by atoms with van der Waals surface area (Å²) >= 11 is 0. The van der Waals surface area contributed by atoms with Gasteiger partial charge in [0.25, 0.3) is 0 Å². The van der Waals surface area contributed by atoms with Crippen LogP contribution in [0.2, 0.25) is 0 Å². The van der Waals surface area contributed by atoms with Crippen molar-refractivity contribution in [1.82, 2.24) is 5.32 Å². The summed E-state index contributed by atoms with van der Waals surface area (Å²) in [5.74, 6) is 0.0650. The number of rotatable bonds is 7. The molecule has 0 bridgehead atoms.